The van der Waals surface area contributed by atoms with Crippen molar-refractivity contribution in [3.8, 4) is 0 Å². The lowest BCUT2D eigenvalue weighted by Gasteiger charge is -2.29. The van der Waals surface area contributed by atoms with Crippen LogP contribution in [0.15, 0.2) is 53.4 Å². The number of benzene rings is 2. The third-order valence-corrected chi connectivity index (χ3v) is 8.09. The first kappa shape index (κ1) is 26.3. The second-order valence-electron chi connectivity index (χ2n) is 9.89. The molecule has 0 spiro atoms. The third kappa shape index (κ3) is 9.81. The molecule has 0 N–H and O–H groups in total. The van der Waals surface area contributed by atoms with Gasteiger partial charge >= 0.3 is 0 Å². The van der Waals surface area contributed by atoms with E-state index in [0.717, 1.165) is 24.7 Å². The second-order valence-corrected chi connectivity index (χ2v) is 11.0. The molecule has 0 aliphatic heterocycles. The highest BCUT2D eigenvalue weighted by Crippen LogP contribution is 2.38. The maximum absolute atomic E-state index is 12.4. The van der Waals surface area contributed by atoms with E-state index in [9.17, 15) is 8.78 Å². The normalized spacial score (nSPS) is 18.7. The minimum atomic E-state index is -2.35. The summed E-state index contributed by atoms with van der Waals surface area (Å²) in [5.41, 5.74) is 4.08. The molecule has 0 aromatic heterocycles. The summed E-state index contributed by atoms with van der Waals surface area (Å²) in [6.45, 7) is 2.29. The molecule has 33 heavy (non-hydrogen) atoms. The zero-order valence-corrected chi connectivity index (χ0v) is 21.2. The predicted molar refractivity (Wildman–Crippen MR) is 139 cm³/mol. The van der Waals surface area contributed by atoms with Crippen LogP contribution in [-0.2, 0) is 12.8 Å². The van der Waals surface area contributed by atoms with Gasteiger partial charge in [-0.1, -0.05) is 106 Å². The molecule has 1 aliphatic rings. The van der Waals surface area contributed by atoms with Crippen molar-refractivity contribution in [2.24, 2.45) is 5.92 Å². The zero-order chi connectivity index (χ0) is 23.3. The van der Waals surface area contributed by atoms with Gasteiger partial charge in [0.05, 0.1) is 0 Å². The Morgan fingerprint density at radius 2 is 1.27 bits per heavy atom. The topological polar surface area (TPSA) is 0 Å². The summed E-state index contributed by atoms with van der Waals surface area (Å²) in [5, 5.41) is 0. The minimum absolute atomic E-state index is 0.611. The van der Waals surface area contributed by atoms with E-state index in [1.165, 1.54) is 93.7 Å². The number of halogens is 2. The molecule has 0 amide bonds. The molecule has 182 valence electrons. The summed E-state index contributed by atoms with van der Waals surface area (Å²) in [4.78, 5) is 0.634. The van der Waals surface area contributed by atoms with Gasteiger partial charge in [-0.2, -0.15) is 8.78 Å². The van der Waals surface area contributed by atoms with Crippen LogP contribution in [0, 0.1) is 5.92 Å². The fraction of sp³-hybridized carbons (Fsp3) is 0.600. The van der Waals surface area contributed by atoms with Gasteiger partial charge in [0.2, 0.25) is 0 Å². The van der Waals surface area contributed by atoms with Crippen LogP contribution in [0.25, 0.3) is 0 Å². The molecule has 0 unspecified atom stereocenters. The zero-order valence-electron chi connectivity index (χ0n) is 20.4. The Labute approximate surface area is 205 Å². The maximum atomic E-state index is 12.4. The molecular weight excluding hydrogens is 430 g/mol. The average Bonchev–Trinajstić information content (AvgIpc) is 2.83. The van der Waals surface area contributed by atoms with Gasteiger partial charge in [0.25, 0.3) is 5.76 Å². The molecule has 0 saturated heterocycles. The molecule has 1 aliphatic carbocycles. The lowest BCUT2D eigenvalue weighted by molar-refractivity contribution is 0.252. The standard InChI is InChI=1S/C30H42F2S/c1-2-3-4-5-6-7-8-9-24-12-18-27(19-13-24)28-20-14-25(15-21-28)10-11-26-16-22-29(23-17-26)33-30(31)32/h14-17,20-24,27,30H,2-13,18-19H2,1H3/t24-,27-. The molecule has 3 heteroatoms. The van der Waals surface area contributed by atoms with Crippen LogP contribution in [0.1, 0.15) is 107 Å². The molecule has 0 nitrogen and oxygen atoms in total. The molecule has 1 fully saturated rings. The molecule has 0 atom stereocenters. The van der Waals surface area contributed by atoms with Crippen molar-refractivity contribution in [3.63, 3.8) is 0 Å². The van der Waals surface area contributed by atoms with Crippen LogP contribution >= 0.6 is 11.8 Å². The Balaban J connectivity index is 1.33. The average molecular weight is 473 g/mol. The SMILES string of the molecule is CCCCCCCCC[C@H]1CC[C@H](c2ccc(CCc3ccc(SC(F)F)cc3)cc2)CC1. The molecule has 0 heterocycles. The molecule has 2 aromatic rings. The molecular formula is C30H42F2S. The summed E-state index contributed by atoms with van der Waals surface area (Å²) in [5.74, 6) is -0.652. The number of aryl methyl sites for hydroxylation is 2. The van der Waals surface area contributed by atoms with Gasteiger partial charge in [-0.05, 0) is 79.2 Å². The third-order valence-electron chi connectivity index (χ3n) is 7.36. The van der Waals surface area contributed by atoms with Crippen LogP contribution in [-0.4, -0.2) is 5.76 Å². The Morgan fingerprint density at radius 1 is 0.727 bits per heavy atom. The van der Waals surface area contributed by atoms with Gasteiger partial charge in [-0.3, -0.25) is 0 Å². The highest BCUT2D eigenvalue weighted by atomic mass is 32.2. The lowest BCUT2D eigenvalue weighted by Crippen LogP contribution is -2.13. The van der Waals surface area contributed by atoms with Crippen LogP contribution < -0.4 is 0 Å². The van der Waals surface area contributed by atoms with Crippen molar-refractivity contribution in [2.75, 3.05) is 0 Å². The van der Waals surface area contributed by atoms with Crippen LogP contribution in [0.4, 0.5) is 8.78 Å². The number of unbranched alkanes of at least 4 members (excludes halogenated alkanes) is 6. The van der Waals surface area contributed by atoms with Gasteiger partial charge in [0.15, 0.2) is 0 Å². The fourth-order valence-electron chi connectivity index (χ4n) is 5.26. The minimum Gasteiger partial charge on any atom is -0.198 e. The van der Waals surface area contributed by atoms with E-state index in [0.29, 0.717) is 16.7 Å². The van der Waals surface area contributed by atoms with Crippen LogP contribution in [0.2, 0.25) is 0 Å². The summed E-state index contributed by atoms with van der Waals surface area (Å²) < 4.78 is 24.9. The Kier molecular flexibility index (Phi) is 11.8. The number of hydrogen-bond acceptors (Lipinski definition) is 1. The van der Waals surface area contributed by atoms with E-state index >= 15 is 0 Å². The van der Waals surface area contributed by atoms with Gasteiger partial charge in [-0.15, -0.1) is 0 Å². The van der Waals surface area contributed by atoms with Crippen LogP contribution in [0.3, 0.4) is 0 Å². The van der Waals surface area contributed by atoms with Gasteiger partial charge in [0.1, 0.15) is 0 Å². The number of hydrogen-bond donors (Lipinski definition) is 0. The molecule has 2 aromatic carbocycles. The summed E-state index contributed by atoms with van der Waals surface area (Å²) >= 11 is 0.611. The summed E-state index contributed by atoms with van der Waals surface area (Å²) in [6.07, 6.45) is 18.8. The fourth-order valence-corrected chi connectivity index (χ4v) is 5.76. The van der Waals surface area contributed by atoms with Gasteiger partial charge < -0.3 is 0 Å². The van der Waals surface area contributed by atoms with E-state index in [4.69, 9.17) is 0 Å². The Bertz CT molecular complexity index is 761. The van der Waals surface area contributed by atoms with Crippen molar-refractivity contribution in [3.05, 3.63) is 65.2 Å². The highest BCUT2D eigenvalue weighted by Gasteiger charge is 2.22. The first-order valence-electron chi connectivity index (χ1n) is 13.3. The second kappa shape index (κ2) is 14.8. The van der Waals surface area contributed by atoms with Crippen molar-refractivity contribution in [1.29, 1.82) is 0 Å². The predicted octanol–water partition coefficient (Wildman–Crippen LogP) is 10.2. The Hall–Kier alpha value is -1.35. The number of alkyl halides is 2. The van der Waals surface area contributed by atoms with Crippen molar-refractivity contribution >= 4 is 11.8 Å². The van der Waals surface area contributed by atoms with Gasteiger partial charge in [-0.25, -0.2) is 0 Å². The van der Waals surface area contributed by atoms with Crippen molar-refractivity contribution < 1.29 is 8.78 Å². The van der Waals surface area contributed by atoms with E-state index in [-0.39, 0.29) is 0 Å². The Morgan fingerprint density at radius 3 is 1.85 bits per heavy atom. The quantitative estimate of drug-likeness (QED) is 0.195. The molecule has 3 rings (SSSR count). The van der Waals surface area contributed by atoms with Crippen molar-refractivity contribution in [2.45, 2.75) is 113 Å². The summed E-state index contributed by atoms with van der Waals surface area (Å²) in [7, 11) is 0. The summed E-state index contributed by atoms with van der Waals surface area (Å²) in [6, 6.07) is 16.8. The maximum Gasteiger partial charge on any atom is 0.288 e. The molecule has 1 saturated carbocycles. The van der Waals surface area contributed by atoms with Crippen molar-refractivity contribution in [1.82, 2.24) is 0 Å². The molecule has 0 radical (unpaired) electrons. The van der Waals surface area contributed by atoms with E-state index in [1.54, 1.807) is 12.1 Å². The number of rotatable bonds is 14. The number of thioether (sulfide) groups is 1. The molecule has 0 bridgehead atoms. The first-order valence-corrected chi connectivity index (χ1v) is 14.1. The lowest BCUT2D eigenvalue weighted by atomic mass is 9.77. The van der Waals surface area contributed by atoms with E-state index in [1.807, 2.05) is 12.1 Å². The van der Waals surface area contributed by atoms with E-state index in [2.05, 4.69) is 31.2 Å². The highest BCUT2D eigenvalue weighted by molar-refractivity contribution is 7.99. The van der Waals surface area contributed by atoms with E-state index < -0.39 is 5.76 Å². The van der Waals surface area contributed by atoms with Crippen LogP contribution in [0.5, 0.6) is 0 Å². The first-order chi connectivity index (χ1) is 16.1. The largest absolute Gasteiger partial charge is 0.288 e. The van der Waals surface area contributed by atoms with Gasteiger partial charge in [0, 0.05) is 4.90 Å². The smallest absolute Gasteiger partial charge is 0.198 e. The monoisotopic (exact) mass is 472 g/mol.